The molecule has 0 unspecified atom stereocenters. The lowest BCUT2D eigenvalue weighted by molar-refractivity contribution is 0.0735. The molecule has 0 aromatic heterocycles. The van der Waals surface area contributed by atoms with E-state index in [9.17, 15) is 4.79 Å². The molecular weight excluding hydrogens is 314 g/mol. The molecule has 0 aliphatic carbocycles. The van der Waals surface area contributed by atoms with Crippen LogP contribution >= 0.6 is 0 Å². The van der Waals surface area contributed by atoms with Gasteiger partial charge in [0.15, 0.2) is 0 Å². The van der Waals surface area contributed by atoms with Crippen molar-refractivity contribution in [2.75, 3.05) is 20.8 Å². The van der Waals surface area contributed by atoms with Crippen molar-refractivity contribution in [2.24, 2.45) is 0 Å². The molecule has 0 spiro atoms. The summed E-state index contributed by atoms with van der Waals surface area (Å²) in [6, 6.07) is 14.2. The van der Waals surface area contributed by atoms with Crippen LogP contribution in [0.5, 0.6) is 11.5 Å². The summed E-state index contributed by atoms with van der Waals surface area (Å²) in [5.74, 6) is 1.41. The van der Waals surface area contributed by atoms with Crippen LogP contribution in [0.25, 0.3) is 0 Å². The van der Waals surface area contributed by atoms with E-state index < -0.39 is 0 Å². The third-order valence-electron chi connectivity index (χ3n) is 4.95. The van der Waals surface area contributed by atoms with E-state index in [1.165, 1.54) is 5.56 Å². The molecule has 132 valence electrons. The van der Waals surface area contributed by atoms with Crippen molar-refractivity contribution < 1.29 is 14.3 Å². The number of nitrogens with zero attached hydrogens (tertiary/aromatic N) is 1. The molecule has 4 heteroatoms. The highest BCUT2D eigenvalue weighted by atomic mass is 16.5. The fraction of sp³-hybridized carbons (Fsp3) is 0.381. The van der Waals surface area contributed by atoms with Crippen LogP contribution in [0.15, 0.2) is 42.5 Å². The van der Waals surface area contributed by atoms with E-state index in [1.54, 1.807) is 14.2 Å². The van der Waals surface area contributed by atoms with E-state index in [1.807, 2.05) is 42.2 Å². The smallest absolute Gasteiger partial charge is 0.254 e. The van der Waals surface area contributed by atoms with Crippen LogP contribution in [-0.2, 0) is 6.42 Å². The zero-order valence-electron chi connectivity index (χ0n) is 15.1. The minimum absolute atomic E-state index is 0.0510. The highest BCUT2D eigenvalue weighted by molar-refractivity contribution is 5.95. The van der Waals surface area contributed by atoms with E-state index in [0.717, 1.165) is 31.4 Å². The third kappa shape index (κ3) is 3.63. The zero-order valence-corrected chi connectivity index (χ0v) is 15.1. The van der Waals surface area contributed by atoms with Crippen LogP contribution < -0.4 is 9.47 Å². The molecule has 1 heterocycles. The molecule has 2 aromatic carbocycles. The summed E-state index contributed by atoms with van der Waals surface area (Å²) in [7, 11) is 3.23. The Hall–Kier alpha value is -2.49. The molecule has 1 aliphatic rings. The molecule has 3 rings (SSSR count). The van der Waals surface area contributed by atoms with E-state index in [-0.39, 0.29) is 11.9 Å². The van der Waals surface area contributed by atoms with Gasteiger partial charge < -0.3 is 14.4 Å². The highest BCUT2D eigenvalue weighted by Gasteiger charge is 2.30. The van der Waals surface area contributed by atoms with Crippen LogP contribution in [0.3, 0.4) is 0 Å². The SMILES string of the molecule is COc1cc(C(=O)N2CCC[C@@H]2Cc2ccccc2)cc(OC)c1C. The monoisotopic (exact) mass is 339 g/mol. The van der Waals surface area contributed by atoms with Crippen molar-refractivity contribution >= 4 is 5.91 Å². The van der Waals surface area contributed by atoms with E-state index in [0.29, 0.717) is 17.1 Å². The Morgan fingerprint density at radius 2 is 1.76 bits per heavy atom. The van der Waals surface area contributed by atoms with Crippen molar-refractivity contribution in [3.63, 3.8) is 0 Å². The van der Waals surface area contributed by atoms with Gasteiger partial charge in [-0.1, -0.05) is 30.3 Å². The lowest BCUT2D eigenvalue weighted by Crippen LogP contribution is -2.36. The normalized spacial score (nSPS) is 16.8. The lowest BCUT2D eigenvalue weighted by Gasteiger charge is -2.25. The number of benzene rings is 2. The fourth-order valence-corrected chi connectivity index (χ4v) is 3.58. The number of carbonyl (C=O) groups is 1. The summed E-state index contributed by atoms with van der Waals surface area (Å²) in [4.78, 5) is 15.1. The molecule has 25 heavy (non-hydrogen) atoms. The van der Waals surface area contributed by atoms with Gasteiger partial charge in [-0.05, 0) is 43.9 Å². The molecule has 0 saturated carbocycles. The van der Waals surface area contributed by atoms with Gasteiger partial charge in [0.2, 0.25) is 0 Å². The number of ether oxygens (including phenoxy) is 2. The maximum Gasteiger partial charge on any atom is 0.254 e. The van der Waals surface area contributed by atoms with Gasteiger partial charge in [-0.3, -0.25) is 4.79 Å². The first-order valence-electron chi connectivity index (χ1n) is 8.71. The molecule has 1 saturated heterocycles. The predicted octanol–water partition coefficient (Wildman–Crippen LogP) is 3.86. The second kappa shape index (κ2) is 7.60. The van der Waals surface area contributed by atoms with Gasteiger partial charge in [-0.2, -0.15) is 0 Å². The largest absolute Gasteiger partial charge is 0.496 e. The van der Waals surface area contributed by atoms with Crippen molar-refractivity contribution in [3.05, 3.63) is 59.2 Å². The number of hydrogen-bond donors (Lipinski definition) is 0. The first-order chi connectivity index (χ1) is 12.1. The van der Waals surface area contributed by atoms with Gasteiger partial charge in [0.05, 0.1) is 14.2 Å². The Morgan fingerprint density at radius 3 is 2.36 bits per heavy atom. The molecular formula is C21H25NO3. The minimum atomic E-state index is 0.0510. The Kier molecular flexibility index (Phi) is 5.27. The third-order valence-corrected chi connectivity index (χ3v) is 4.95. The number of amides is 1. The molecule has 1 aliphatic heterocycles. The van der Waals surface area contributed by atoms with Crippen LogP contribution in [0.2, 0.25) is 0 Å². The molecule has 1 atom stereocenters. The number of rotatable bonds is 5. The molecule has 4 nitrogen and oxygen atoms in total. The summed E-state index contributed by atoms with van der Waals surface area (Å²) < 4.78 is 10.8. The second-order valence-corrected chi connectivity index (χ2v) is 6.49. The predicted molar refractivity (Wildman–Crippen MR) is 98.5 cm³/mol. The van der Waals surface area contributed by atoms with Crippen molar-refractivity contribution in [2.45, 2.75) is 32.2 Å². The summed E-state index contributed by atoms with van der Waals surface area (Å²) in [6.45, 7) is 2.73. The number of methoxy groups -OCH3 is 2. The quantitative estimate of drug-likeness (QED) is 0.830. The molecule has 0 N–H and O–H groups in total. The van der Waals surface area contributed by atoms with E-state index in [4.69, 9.17) is 9.47 Å². The van der Waals surface area contributed by atoms with Crippen molar-refractivity contribution in [1.82, 2.24) is 4.90 Å². The Morgan fingerprint density at radius 1 is 1.12 bits per heavy atom. The summed E-state index contributed by atoms with van der Waals surface area (Å²) in [5, 5.41) is 0. The van der Waals surface area contributed by atoms with E-state index >= 15 is 0 Å². The van der Waals surface area contributed by atoms with Crippen LogP contribution in [-0.4, -0.2) is 37.6 Å². The summed E-state index contributed by atoms with van der Waals surface area (Å²) >= 11 is 0. The standard InChI is InChI=1S/C21H25NO3/c1-15-19(24-2)13-17(14-20(15)25-3)21(23)22-11-7-10-18(22)12-16-8-5-4-6-9-16/h4-6,8-9,13-14,18H,7,10-12H2,1-3H3/t18-/m1/s1. The number of hydrogen-bond acceptors (Lipinski definition) is 3. The highest BCUT2D eigenvalue weighted by Crippen LogP contribution is 2.31. The lowest BCUT2D eigenvalue weighted by atomic mass is 10.0. The van der Waals surface area contributed by atoms with Crippen LogP contribution in [0.4, 0.5) is 0 Å². The zero-order chi connectivity index (χ0) is 17.8. The maximum absolute atomic E-state index is 13.1. The number of carbonyl (C=O) groups excluding carboxylic acids is 1. The van der Waals surface area contributed by atoms with Crippen molar-refractivity contribution in [3.8, 4) is 11.5 Å². The van der Waals surface area contributed by atoms with Gasteiger partial charge in [0, 0.05) is 23.7 Å². The maximum atomic E-state index is 13.1. The van der Waals surface area contributed by atoms with Gasteiger partial charge in [-0.15, -0.1) is 0 Å². The number of likely N-dealkylation sites (tertiary alicyclic amines) is 1. The molecule has 1 amide bonds. The summed E-state index contributed by atoms with van der Waals surface area (Å²) in [5.41, 5.74) is 2.80. The molecule has 0 radical (unpaired) electrons. The average molecular weight is 339 g/mol. The molecule has 0 bridgehead atoms. The topological polar surface area (TPSA) is 38.8 Å². The van der Waals surface area contributed by atoms with Gasteiger partial charge in [0.25, 0.3) is 5.91 Å². The summed E-state index contributed by atoms with van der Waals surface area (Å²) in [6.07, 6.45) is 2.98. The molecule has 2 aromatic rings. The Balaban J connectivity index is 1.84. The van der Waals surface area contributed by atoms with Crippen LogP contribution in [0, 0.1) is 6.92 Å². The minimum Gasteiger partial charge on any atom is -0.496 e. The van der Waals surface area contributed by atoms with Crippen LogP contribution in [0.1, 0.15) is 34.3 Å². The Labute approximate surface area is 149 Å². The fourth-order valence-electron chi connectivity index (χ4n) is 3.58. The van der Waals surface area contributed by atoms with E-state index in [2.05, 4.69) is 12.1 Å². The first-order valence-corrected chi connectivity index (χ1v) is 8.71. The molecule has 1 fully saturated rings. The van der Waals surface area contributed by atoms with Crippen molar-refractivity contribution in [1.29, 1.82) is 0 Å². The van der Waals surface area contributed by atoms with Gasteiger partial charge in [-0.25, -0.2) is 0 Å². The average Bonchev–Trinajstić information content (AvgIpc) is 3.10. The first kappa shape index (κ1) is 17.3. The second-order valence-electron chi connectivity index (χ2n) is 6.49. The Bertz CT molecular complexity index is 717. The van der Waals surface area contributed by atoms with Gasteiger partial charge >= 0.3 is 0 Å². The van der Waals surface area contributed by atoms with Gasteiger partial charge in [0.1, 0.15) is 11.5 Å².